The minimum Gasteiger partial charge on any atom is -0.501 e. The Hall–Kier alpha value is -3.20. The van der Waals surface area contributed by atoms with E-state index in [9.17, 15) is 23.5 Å². The summed E-state index contributed by atoms with van der Waals surface area (Å²) >= 11 is 1.50. The van der Waals surface area contributed by atoms with Crippen LogP contribution < -0.4 is 10.9 Å². The Labute approximate surface area is 169 Å². The maximum atomic E-state index is 14.2. The average molecular weight is 417 g/mol. The lowest BCUT2D eigenvalue weighted by molar-refractivity contribution is 0.0942. The fourth-order valence-electron chi connectivity index (χ4n) is 2.79. The van der Waals surface area contributed by atoms with Crippen molar-refractivity contribution < 1.29 is 18.7 Å². The van der Waals surface area contributed by atoms with Gasteiger partial charge in [-0.1, -0.05) is 24.3 Å². The highest BCUT2D eigenvalue weighted by Gasteiger charge is 2.24. The molecule has 0 bridgehead atoms. The van der Waals surface area contributed by atoms with Crippen molar-refractivity contribution in [2.75, 3.05) is 6.26 Å². The zero-order chi connectivity index (χ0) is 21.1. The van der Waals surface area contributed by atoms with Crippen molar-refractivity contribution in [3.8, 4) is 17.1 Å². The predicted octanol–water partition coefficient (Wildman–Crippen LogP) is 3.08. The molecular formula is C20H17F2N3O3S. The third-order valence-electron chi connectivity index (χ3n) is 4.30. The van der Waals surface area contributed by atoms with Crippen LogP contribution in [0.3, 0.4) is 0 Å². The Morgan fingerprint density at radius 1 is 1.17 bits per heavy atom. The molecule has 0 saturated heterocycles. The first-order valence-electron chi connectivity index (χ1n) is 8.49. The molecule has 0 saturated carbocycles. The molecule has 1 aromatic heterocycles. The molecule has 0 radical (unpaired) electrons. The highest BCUT2D eigenvalue weighted by molar-refractivity contribution is 7.98. The van der Waals surface area contributed by atoms with E-state index in [1.807, 2.05) is 30.5 Å². The number of aromatic hydroxyl groups is 1. The molecule has 3 aromatic rings. The van der Waals surface area contributed by atoms with E-state index < -0.39 is 45.9 Å². The second-order valence-corrected chi connectivity index (χ2v) is 6.94. The van der Waals surface area contributed by atoms with Gasteiger partial charge in [0, 0.05) is 18.5 Å². The van der Waals surface area contributed by atoms with Gasteiger partial charge in [-0.05, 0) is 30.0 Å². The van der Waals surface area contributed by atoms with Crippen LogP contribution in [0.1, 0.15) is 16.1 Å². The molecular weight excluding hydrogens is 400 g/mol. The molecule has 9 heteroatoms. The molecule has 2 N–H and O–H groups in total. The molecule has 0 unspecified atom stereocenters. The SMILES string of the molecule is CSc1ccccc1CNC(=O)c1nc(-c2c(F)cccc2F)n(C)c(=O)c1O. The van der Waals surface area contributed by atoms with E-state index in [0.29, 0.717) is 0 Å². The molecule has 3 rings (SSSR count). The van der Waals surface area contributed by atoms with E-state index in [1.54, 1.807) is 0 Å². The van der Waals surface area contributed by atoms with Crippen LogP contribution in [0.2, 0.25) is 0 Å². The lowest BCUT2D eigenvalue weighted by Crippen LogP contribution is -2.29. The van der Waals surface area contributed by atoms with Crippen LogP contribution in [0.4, 0.5) is 8.78 Å². The summed E-state index contributed by atoms with van der Waals surface area (Å²) in [5.74, 6) is -4.03. The van der Waals surface area contributed by atoms with Crippen molar-refractivity contribution in [1.29, 1.82) is 0 Å². The van der Waals surface area contributed by atoms with Gasteiger partial charge in [0.05, 0.1) is 5.56 Å². The molecule has 6 nitrogen and oxygen atoms in total. The number of hydrogen-bond donors (Lipinski definition) is 2. The van der Waals surface area contributed by atoms with Gasteiger partial charge in [-0.2, -0.15) is 0 Å². The van der Waals surface area contributed by atoms with Gasteiger partial charge in [0.1, 0.15) is 17.5 Å². The molecule has 0 aliphatic carbocycles. The number of nitrogens with zero attached hydrogens (tertiary/aromatic N) is 2. The molecule has 0 atom stereocenters. The molecule has 1 amide bonds. The highest BCUT2D eigenvalue weighted by Crippen LogP contribution is 2.25. The number of halogens is 2. The molecule has 0 aliphatic heterocycles. The minimum absolute atomic E-state index is 0.121. The molecule has 0 aliphatic rings. The zero-order valence-electron chi connectivity index (χ0n) is 15.6. The summed E-state index contributed by atoms with van der Waals surface area (Å²) in [6.07, 6.45) is 1.89. The van der Waals surface area contributed by atoms with Crippen LogP contribution in [0.25, 0.3) is 11.4 Å². The van der Waals surface area contributed by atoms with Crippen molar-refractivity contribution in [3.05, 3.63) is 75.7 Å². The van der Waals surface area contributed by atoms with Gasteiger partial charge >= 0.3 is 0 Å². The van der Waals surface area contributed by atoms with E-state index in [0.717, 1.165) is 27.2 Å². The minimum atomic E-state index is -0.993. The van der Waals surface area contributed by atoms with Crippen LogP contribution in [-0.2, 0) is 13.6 Å². The molecule has 0 spiro atoms. The Morgan fingerprint density at radius 3 is 2.48 bits per heavy atom. The van der Waals surface area contributed by atoms with Crippen molar-refractivity contribution in [1.82, 2.24) is 14.9 Å². The van der Waals surface area contributed by atoms with Crippen LogP contribution in [0.15, 0.2) is 52.2 Å². The van der Waals surface area contributed by atoms with Crippen molar-refractivity contribution in [2.45, 2.75) is 11.4 Å². The number of rotatable bonds is 5. The fourth-order valence-corrected chi connectivity index (χ4v) is 3.41. The van der Waals surface area contributed by atoms with Crippen molar-refractivity contribution >= 4 is 17.7 Å². The lowest BCUT2D eigenvalue weighted by Gasteiger charge is -2.13. The summed E-state index contributed by atoms with van der Waals surface area (Å²) < 4.78 is 29.1. The van der Waals surface area contributed by atoms with Gasteiger partial charge in [-0.25, -0.2) is 13.8 Å². The first-order valence-corrected chi connectivity index (χ1v) is 9.72. The normalized spacial score (nSPS) is 10.8. The topological polar surface area (TPSA) is 84.2 Å². The maximum absolute atomic E-state index is 14.2. The number of benzene rings is 2. The van der Waals surface area contributed by atoms with E-state index in [4.69, 9.17) is 0 Å². The van der Waals surface area contributed by atoms with Gasteiger partial charge in [0.25, 0.3) is 11.5 Å². The number of hydrogen-bond acceptors (Lipinski definition) is 5. The quantitative estimate of drug-likeness (QED) is 0.624. The van der Waals surface area contributed by atoms with E-state index >= 15 is 0 Å². The number of thioether (sulfide) groups is 1. The van der Waals surface area contributed by atoms with Gasteiger partial charge in [-0.3, -0.25) is 14.2 Å². The zero-order valence-corrected chi connectivity index (χ0v) is 16.4. The number of carbonyl (C=O) groups excluding carboxylic acids is 1. The third kappa shape index (κ3) is 4.00. The highest BCUT2D eigenvalue weighted by atomic mass is 32.2. The lowest BCUT2D eigenvalue weighted by atomic mass is 10.1. The largest absolute Gasteiger partial charge is 0.501 e. The van der Waals surface area contributed by atoms with E-state index in [-0.39, 0.29) is 6.54 Å². The second kappa shape index (κ2) is 8.44. The maximum Gasteiger partial charge on any atom is 0.296 e. The fraction of sp³-hybridized carbons (Fsp3) is 0.150. The first-order chi connectivity index (χ1) is 13.8. The van der Waals surface area contributed by atoms with Crippen LogP contribution in [0.5, 0.6) is 5.75 Å². The van der Waals surface area contributed by atoms with Crippen LogP contribution in [-0.4, -0.2) is 26.8 Å². The molecule has 1 heterocycles. The van der Waals surface area contributed by atoms with Crippen molar-refractivity contribution in [3.63, 3.8) is 0 Å². The molecule has 2 aromatic carbocycles. The van der Waals surface area contributed by atoms with Gasteiger partial charge in [-0.15, -0.1) is 11.8 Å². The second-order valence-electron chi connectivity index (χ2n) is 6.09. The number of nitrogens with one attached hydrogen (secondary N) is 1. The van der Waals surface area contributed by atoms with Gasteiger partial charge < -0.3 is 10.4 Å². The smallest absolute Gasteiger partial charge is 0.296 e. The van der Waals surface area contributed by atoms with Crippen molar-refractivity contribution in [2.24, 2.45) is 7.05 Å². The Kier molecular flexibility index (Phi) is 5.97. The van der Waals surface area contributed by atoms with Gasteiger partial charge in [0.15, 0.2) is 5.69 Å². The molecule has 150 valence electrons. The molecule has 29 heavy (non-hydrogen) atoms. The summed E-state index contributed by atoms with van der Waals surface area (Å²) in [6, 6.07) is 10.6. The summed E-state index contributed by atoms with van der Waals surface area (Å²) in [5.41, 5.74) is -1.33. The summed E-state index contributed by atoms with van der Waals surface area (Å²) in [7, 11) is 1.20. The number of amides is 1. The van der Waals surface area contributed by atoms with E-state index in [2.05, 4.69) is 10.3 Å². The van der Waals surface area contributed by atoms with Crippen LogP contribution >= 0.6 is 11.8 Å². The van der Waals surface area contributed by atoms with E-state index in [1.165, 1.54) is 24.9 Å². The average Bonchev–Trinajstić information content (AvgIpc) is 2.71. The number of carbonyl (C=O) groups is 1. The standard InChI is InChI=1S/C20H17F2N3O3S/c1-25-18(15-12(21)7-5-8-13(15)22)24-16(17(26)20(25)28)19(27)23-10-11-6-3-4-9-14(11)29-2/h3-9,26H,10H2,1-2H3,(H,23,27). The summed E-state index contributed by atoms with van der Waals surface area (Å²) in [5, 5.41) is 12.7. The Bertz CT molecular complexity index is 1130. The summed E-state index contributed by atoms with van der Waals surface area (Å²) in [6.45, 7) is 0.121. The third-order valence-corrected chi connectivity index (χ3v) is 5.14. The van der Waals surface area contributed by atoms with Crippen LogP contribution in [0, 0.1) is 11.6 Å². The monoisotopic (exact) mass is 417 g/mol. The summed E-state index contributed by atoms with van der Waals surface area (Å²) in [4.78, 5) is 29.8. The Morgan fingerprint density at radius 2 is 1.83 bits per heavy atom. The van der Waals surface area contributed by atoms with Gasteiger partial charge in [0.2, 0.25) is 5.75 Å². The Balaban J connectivity index is 2.00. The number of aromatic nitrogens is 2. The molecule has 0 fully saturated rings. The first kappa shape index (κ1) is 20.5. The predicted molar refractivity (Wildman–Crippen MR) is 106 cm³/mol.